The van der Waals surface area contributed by atoms with Gasteiger partial charge in [0.05, 0.1) is 17.2 Å². The van der Waals surface area contributed by atoms with Crippen molar-refractivity contribution in [3.63, 3.8) is 0 Å². The Morgan fingerprint density at radius 3 is 2.20 bits per heavy atom. The van der Waals surface area contributed by atoms with Gasteiger partial charge in [-0.2, -0.15) is 0 Å². The van der Waals surface area contributed by atoms with E-state index in [9.17, 15) is 18.0 Å². The van der Waals surface area contributed by atoms with Crippen molar-refractivity contribution in [3.05, 3.63) is 90.0 Å². The highest BCUT2D eigenvalue weighted by Gasteiger charge is 2.33. The molecule has 1 aliphatic carbocycles. The van der Waals surface area contributed by atoms with E-state index in [-0.39, 0.29) is 23.4 Å². The van der Waals surface area contributed by atoms with E-state index in [2.05, 4.69) is 5.32 Å². The molecule has 0 spiro atoms. The molecular weight excluding hydrogens is 538 g/mol. The Bertz CT molecular complexity index is 1400. The zero-order chi connectivity index (χ0) is 29.4. The Morgan fingerprint density at radius 2 is 1.59 bits per heavy atom. The molecule has 1 unspecified atom stereocenters. The molecule has 1 aliphatic rings. The second kappa shape index (κ2) is 13.7. The summed E-state index contributed by atoms with van der Waals surface area (Å²) in [5.41, 5.74) is 2.17. The fraction of sp³-hybridized carbons (Fsp3) is 0.375. The van der Waals surface area contributed by atoms with Crippen LogP contribution in [0, 0.1) is 6.92 Å². The number of aryl methyl sites for hydroxylation is 1. The third kappa shape index (κ3) is 7.67. The molecule has 0 heterocycles. The summed E-state index contributed by atoms with van der Waals surface area (Å²) < 4.78 is 34.5. The molecular formula is C32H39N3O5S. The van der Waals surface area contributed by atoms with E-state index in [1.165, 1.54) is 17.0 Å². The second-order valence-corrected chi connectivity index (χ2v) is 12.3. The summed E-state index contributed by atoms with van der Waals surface area (Å²) in [7, 11) is -4.13. The Morgan fingerprint density at radius 1 is 0.951 bits per heavy atom. The average molecular weight is 578 g/mol. The molecule has 0 aromatic heterocycles. The molecule has 1 saturated carbocycles. The predicted octanol–water partition coefficient (Wildman–Crippen LogP) is 5.07. The fourth-order valence-electron chi connectivity index (χ4n) is 5.00. The topological polar surface area (TPSA) is 96.0 Å². The molecule has 1 atom stereocenters. The lowest BCUT2D eigenvalue weighted by molar-refractivity contribution is -0.139. The summed E-state index contributed by atoms with van der Waals surface area (Å²) in [5, 5.41) is 3.09. The number of benzene rings is 3. The van der Waals surface area contributed by atoms with Crippen molar-refractivity contribution in [1.29, 1.82) is 0 Å². The third-order valence-corrected chi connectivity index (χ3v) is 9.18. The van der Waals surface area contributed by atoms with E-state index < -0.39 is 28.5 Å². The minimum Gasteiger partial charge on any atom is -0.494 e. The maximum atomic E-state index is 14.0. The SMILES string of the molecule is CCOc1ccc(S(=O)(=O)N(CC(=O)N(Cc2ccccc2)C(C)C(=O)NC2CCCC2)c2ccc(C)cc2)cc1. The number of hydrogen-bond acceptors (Lipinski definition) is 5. The summed E-state index contributed by atoms with van der Waals surface area (Å²) in [4.78, 5) is 28.8. The first-order valence-electron chi connectivity index (χ1n) is 14.1. The fourth-order valence-corrected chi connectivity index (χ4v) is 6.41. The van der Waals surface area contributed by atoms with Crippen LogP contribution < -0.4 is 14.4 Å². The number of amides is 2. The van der Waals surface area contributed by atoms with Gasteiger partial charge in [0.25, 0.3) is 10.0 Å². The van der Waals surface area contributed by atoms with Crippen LogP contribution in [-0.2, 0) is 26.2 Å². The first-order valence-corrected chi connectivity index (χ1v) is 15.6. The lowest BCUT2D eigenvalue weighted by atomic mass is 10.1. The quantitative estimate of drug-likeness (QED) is 0.325. The summed E-state index contributed by atoms with van der Waals surface area (Å²) in [6, 6.07) is 21.8. The normalized spacial score (nSPS) is 14.3. The van der Waals surface area contributed by atoms with Crippen molar-refractivity contribution in [2.75, 3.05) is 17.5 Å². The summed E-state index contributed by atoms with van der Waals surface area (Å²) in [5.74, 6) is -0.156. The van der Waals surface area contributed by atoms with Gasteiger partial charge in [-0.1, -0.05) is 60.9 Å². The van der Waals surface area contributed by atoms with Crippen molar-refractivity contribution < 1.29 is 22.7 Å². The van der Waals surface area contributed by atoms with Gasteiger partial charge in [-0.25, -0.2) is 8.42 Å². The highest BCUT2D eigenvalue weighted by atomic mass is 32.2. The van der Waals surface area contributed by atoms with E-state index in [1.54, 1.807) is 43.3 Å². The first kappa shape index (κ1) is 30.1. The van der Waals surface area contributed by atoms with Gasteiger partial charge in [-0.05, 0) is 75.6 Å². The Kier molecular flexibility index (Phi) is 10.0. The van der Waals surface area contributed by atoms with E-state index in [0.717, 1.165) is 41.1 Å². The number of nitrogens with one attached hydrogen (secondary N) is 1. The standard InChI is InChI=1S/C32H39N3O5S/c1-4-40-29-18-20-30(21-19-29)41(38,39)35(28-16-14-24(2)15-17-28)23-31(36)34(22-26-10-6-5-7-11-26)25(3)32(37)33-27-12-8-9-13-27/h5-7,10-11,14-21,25,27H,4,8-9,12-13,22-23H2,1-3H3,(H,33,37). The summed E-state index contributed by atoms with van der Waals surface area (Å²) >= 11 is 0. The molecule has 0 aliphatic heterocycles. The monoisotopic (exact) mass is 577 g/mol. The second-order valence-electron chi connectivity index (χ2n) is 10.4. The van der Waals surface area contributed by atoms with E-state index in [1.807, 2.05) is 44.2 Å². The number of sulfonamides is 1. The zero-order valence-corrected chi connectivity index (χ0v) is 24.8. The van der Waals surface area contributed by atoms with Crippen LogP contribution in [0.3, 0.4) is 0 Å². The van der Waals surface area contributed by atoms with Crippen LogP contribution in [0.25, 0.3) is 0 Å². The highest BCUT2D eigenvalue weighted by molar-refractivity contribution is 7.92. The Hall–Kier alpha value is -3.85. The molecule has 0 saturated heterocycles. The molecule has 1 fully saturated rings. The lowest BCUT2D eigenvalue weighted by Crippen LogP contribution is -2.52. The van der Waals surface area contributed by atoms with Crippen LogP contribution >= 0.6 is 0 Å². The largest absolute Gasteiger partial charge is 0.494 e. The van der Waals surface area contributed by atoms with Gasteiger partial charge in [0.1, 0.15) is 18.3 Å². The van der Waals surface area contributed by atoms with Gasteiger partial charge in [0.2, 0.25) is 11.8 Å². The third-order valence-electron chi connectivity index (χ3n) is 7.39. The van der Waals surface area contributed by atoms with Gasteiger partial charge < -0.3 is 15.0 Å². The Balaban J connectivity index is 1.66. The number of ether oxygens (including phenoxy) is 1. The molecule has 41 heavy (non-hydrogen) atoms. The molecule has 1 N–H and O–H groups in total. The van der Waals surface area contributed by atoms with Crippen molar-refractivity contribution in [1.82, 2.24) is 10.2 Å². The molecule has 3 aromatic rings. The van der Waals surface area contributed by atoms with E-state index in [0.29, 0.717) is 18.0 Å². The maximum absolute atomic E-state index is 14.0. The smallest absolute Gasteiger partial charge is 0.264 e. The van der Waals surface area contributed by atoms with E-state index in [4.69, 9.17) is 4.74 Å². The minimum absolute atomic E-state index is 0.0379. The van der Waals surface area contributed by atoms with Crippen molar-refractivity contribution in [2.45, 2.75) is 70.0 Å². The van der Waals surface area contributed by atoms with Crippen molar-refractivity contribution in [2.24, 2.45) is 0 Å². The van der Waals surface area contributed by atoms with E-state index >= 15 is 0 Å². The summed E-state index contributed by atoms with van der Waals surface area (Å²) in [6.07, 6.45) is 3.99. The number of carbonyl (C=O) groups is 2. The number of hydrogen-bond donors (Lipinski definition) is 1. The van der Waals surface area contributed by atoms with Gasteiger partial charge in [-0.15, -0.1) is 0 Å². The number of nitrogens with zero attached hydrogens (tertiary/aromatic N) is 2. The molecule has 8 nitrogen and oxygen atoms in total. The highest BCUT2D eigenvalue weighted by Crippen LogP contribution is 2.26. The lowest BCUT2D eigenvalue weighted by Gasteiger charge is -2.32. The van der Waals surface area contributed by atoms with Crippen LogP contribution in [0.15, 0.2) is 83.8 Å². The van der Waals surface area contributed by atoms with Gasteiger partial charge >= 0.3 is 0 Å². The van der Waals surface area contributed by atoms with Crippen molar-refractivity contribution >= 4 is 27.5 Å². The van der Waals surface area contributed by atoms with Crippen LogP contribution in [0.5, 0.6) is 5.75 Å². The molecule has 9 heteroatoms. The van der Waals surface area contributed by atoms with Gasteiger partial charge in [0.15, 0.2) is 0 Å². The molecule has 218 valence electrons. The maximum Gasteiger partial charge on any atom is 0.264 e. The molecule has 0 bridgehead atoms. The summed E-state index contributed by atoms with van der Waals surface area (Å²) in [6.45, 7) is 5.62. The van der Waals surface area contributed by atoms with Crippen molar-refractivity contribution in [3.8, 4) is 5.75 Å². The Labute approximate surface area is 243 Å². The van der Waals surface area contributed by atoms with Crippen LogP contribution in [0.2, 0.25) is 0 Å². The minimum atomic E-state index is -4.13. The van der Waals surface area contributed by atoms with Gasteiger partial charge in [0, 0.05) is 12.6 Å². The molecule has 3 aromatic carbocycles. The molecule has 2 amide bonds. The van der Waals surface area contributed by atoms with Crippen LogP contribution in [-0.4, -0.2) is 50.4 Å². The predicted molar refractivity (Wildman–Crippen MR) is 160 cm³/mol. The van der Waals surface area contributed by atoms with Crippen LogP contribution in [0.4, 0.5) is 5.69 Å². The number of rotatable bonds is 12. The number of carbonyl (C=O) groups excluding carboxylic acids is 2. The number of anilines is 1. The van der Waals surface area contributed by atoms with Crippen LogP contribution in [0.1, 0.15) is 50.7 Å². The zero-order valence-electron chi connectivity index (χ0n) is 24.0. The molecule has 4 rings (SSSR count). The first-order chi connectivity index (χ1) is 19.7. The molecule has 0 radical (unpaired) electrons. The average Bonchev–Trinajstić information content (AvgIpc) is 3.49. The van der Waals surface area contributed by atoms with Gasteiger partial charge in [-0.3, -0.25) is 13.9 Å².